The van der Waals surface area contributed by atoms with Gasteiger partial charge in [0.2, 0.25) is 66.2 Å². The molecular formula is C71H85N35O36. The third kappa shape index (κ3) is 29.0. The van der Waals surface area contributed by atoms with Crippen molar-refractivity contribution in [2.45, 2.75) is 38.5 Å². The minimum Gasteiger partial charge on any atom is -0.569 e. The molecule has 0 spiro atoms. The van der Waals surface area contributed by atoms with Gasteiger partial charge >= 0.3 is 34.1 Å². The summed E-state index contributed by atoms with van der Waals surface area (Å²) in [5.74, 6) is -1.26. The second-order valence-electron chi connectivity index (χ2n) is 31.9. The molecule has 1 saturated carbocycles. The first kappa shape index (κ1) is 104. The van der Waals surface area contributed by atoms with Crippen molar-refractivity contribution < 1.29 is 118 Å². The molecular weight excluding hydrogens is 1920 g/mol. The molecule has 0 radical (unpaired) electrons. The zero-order chi connectivity index (χ0) is 103. The van der Waals surface area contributed by atoms with E-state index in [-0.39, 0.29) is 75.0 Å². The van der Waals surface area contributed by atoms with Crippen LogP contribution in [0.3, 0.4) is 0 Å². The van der Waals surface area contributed by atoms with E-state index in [1.807, 2.05) is 0 Å². The number of nitro benzene ring substituents is 12. The van der Waals surface area contributed by atoms with Crippen molar-refractivity contribution in [2.24, 2.45) is 49.4 Å². The Morgan fingerprint density at radius 2 is 0.359 bits per heavy atom. The van der Waals surface area contributed by atoms with E-state index in [0.717, 1.165) is 124 Å². The quantitative estimate of drug-likeness (QED) is 0.0155. The molecule has 7 fully saturated rings. The van der Waals surface area contributed by atoms with Gasteiger partial charge in [0.25, 0.3) is 34.1 Å². The molecule has 0 atom stereocenters. The van der Waals surface area contributed by atoms with E-state index in [0.29, 0.717) is 167 Å². The van der Waals surface area contributed by atoms with Crippen LogP contribution in [0.25, 0.3) is 0 Å². The fourth-order valence-corrected chi connectivity index (χ4v) is 15.4. The Bertz CT molecular complexity index is 5280. The van der Waals surface area contributed by atoms with Gasteiger partial charge in [-0.1, -0.05) is 0 Å². The molecule has 6 heterocycles. The Labute approximate surface area is 792 Å². The average molecular weight is 2000 g/mol. The maximum Gasteiger partial charge on any atom is 0.321 e. The maximum absolute atomic E-state index is 12.5. The first-order valence-corrected chi connectivity index (χ1v) is 42.5. The van der Waals surface area contributed by atoms with Gasteiger partial charge in [-0.25, -0.2) is 0 Å². The van der Waals surface area contributed by atoms with Crippen LogP contribution in [-0.2, 0) is 0 Å². The summed E-state index contributed by atoms with van der Waals surface area (Å²) in [5.41, 5.74) is -7.29. The van der Waals surface area contributed by atoms with Crippen molar-refractivity contribution in [2.75, 3.05) is 170 Å². The Balaban J connectivity index is 0.000000204. The normalized spacial score (nSPS) is 18.2. The first-order valence-electron chi connectivity index (χ1n) is 42.5. The summed E-state index contributed by atoms with van der Waals surface area (Å²) in [6, 6.07) is 16.2. The van der Waals surface area contributed by atoms with Gasteiger partial charge < -0.3 is 31.2 Å². The van der Waals surface area contributed by atoms with Gasteiger partial charge in [-0.3, -0.25) is 175 Å². The fraction of sp³-hybridized carbons (Fsp3) is 0.493. The lowest BCUT2D eigenvalue weighted by atomic mass is 9.81. The summed E-state index contributed by atoms with van der Waals surface area (Å²) >= 11 is 0. The molecule has 0 bridgehead atoms. The number of hydrazine groups is 6. The van der Waals surface area contributed by atoms with Crippen LogP contribution in [0.2, 0.25) is 0 Å². The second-order valence-corrected chi connectivity index (χ2v) is 31.9. The van der Waals surface area contributed by atoms with Gasteiger partial charge in [0, 0.05) is 121 Å². The molecule has 6 saturated heterocycles. The molecule has 0 N–H and O–H groups in total. The van der Waals surface area contributed by atoms with E-state index in [2.05, 4.69) is 56.2 Å². The van der Waals surface area contributed by atoms with Crippen LogP contribution in [0.4, 0.5) is 68.2 Å². The smallest absolute Gasteiger partial charge is 0.321 e. The van der Waals surface area contributed by atoms with Gasteiger partial charge in [-0.15, -0.1) is 30.1 Å². The Kier molecular flexibility index (Phi) is 35.7. The summed E-state index contributed by atoms with van der Waals surface area (Å²) < 4.78 is 0. The SMILES string of the molecule is O=[N+]([O-])c1ccc(O/N=[N+](\[O-])N2CCC(CN3CCN(/[N+]([O-])=N/Oc4ccc([N+](=O)[O-])cc4[N+](=O)[O-])CC3)CC2)c([N+](=O)[O-])c1.O=[N+]([O-])c1ccc(O/N=[N+](\[O-])N2CCN(CC3CCC(CN4CCN(/[N+]([O-])=N/Oc5ccc([N+](=O)[O-])cc5[N+](=O)[O-])CC4)CC3)CC2)c([N+](=O)[O-])c1.O=[N+]([O-])c1ccc(O/N=[N+](\[O-])N2CCN(CN3CCN(/[N+]([O-])=N/Oc4ccc([N+](=O)[O-])cc4[N+](=O)[O-])CC3)CC2)c([N+](=O)[O-])c1. The van der Waals surface area contributed by atoms with Gasteiger partial charge in [-0.2, -0.15) is 0 Å². The number of piperazine rings is 5. The minimum atomic E-state index is -0.890. The molecule has 71 heteroatoms. The van der Waals surface area contributed by atoms with E-state index in [1.165, 1.54) is 30.1 Å². The van der Waals surface area contributed by atoms with Gasteiger partial charge in [-0.05, 0) is 92.7 Å². The summed E-state index contributed by atoms with van der Waals surface area (Å²) in [6.07, 6.45) is 5.50. The van der Waals surface area contributed by atoms with Crippen LogP contribution in [0, 0.1) is 170 Å². The van der Waals surface area contributed by atoms with Crippen molar-refractivity contribution in [3.63, 3.8) is 0 Å². The molecule has 6 aromatic carbocycles. The van der Waals surface area contributed by atoms with E-state index in [4.69, 9.17) is 29.0 Å². The third-order valence-electron chi connectivity index (χ3n) is 23.1. The number of nitro groups is 12. The van der Waals surface area contributed by atoms with Gasteiger partial charge in [0.15, 0.2) is 0 Å². The topological polar surface area (TPSA) is 839 Å². The highest BCUT2D eigenvalue weighted by Gasteiger charge is 2.37. The van der Waals surface area contributed by atoms with E-state index in [9.17, 15) is 153 Å². The standard InChI is InChI=1S/C28H36N12O12.C22H25N11O12.C21H24N12O12/c41-35(42)23-5-7-27(25(17-23)37(45)46)51-29-39(49)33-13-9-31(10-14-33)19-21-1-2-22(4-3-21)20-32-11-15-34(16-12-32)40(50)30-52-28-8-6-24(36(43)44)18-26(28)38(47)48;34-28(35)17-1-3-21(19(13-17)30(38)39)44-23-32(42)26-7-5-16(6-8-26)15-25-9-11-27(12-10-25)33(43)24-45-22-4-2-18(29(36)37)14-20(22)31(40)41;34-28(35)16-1-3-20(18(13-16)30(38)39)44-22-32(42)26-9-5-24(6-10-26)15-25-7-11-27(12-8-25)33(43)23-45-21-4-2-17(29(36)37)14-19(21)31(40)41/h5-8,17-18,21-22H,1-4,9-16,19-20H2;1-4,13-14,16H,5-12,15H2;1-4,13-14H,5-12,15H2/b39-29-,40-30-;32-23-,33-24-;32-22-,33-23-. The monoisotopic (exact) mass is 2000 g/mol. The lowest BCUT2D eigenvalue weighted by Gasteiger charge is -2.38. The predicted octanol–water partition coefficient (Wildman–Crippen LogP) is 7.65. The minimum absolute atomic E-state index is 0.154. The lowest BCUT2D eigenvalue weighted by molar-refractivity contribution is -0.709. The molecule has 0 aromatic heterocycles. The highest BCUT2D eigenvalue weighted by atomic mass is 16.8. The molecule has 13 rings (SSSR count). The fourth-order valence-electron chi connectivity index (χ4n) is 15.4. The van der Waals surface area contributed by atoms with E-state index in [1.54, 1.807) is 0 Å². The van der Waals surface area contributed by atoms with Crippen LogP contribution < -0.4 is 29.0 Å². The van der Waals surface area contributed by atoms with Crippen LogP contribution in [-0.4, -0.2) is 314 Å². The molecule has 6 aliphatic heterocycles. The zero-order valence-corrected chi connectivity index (χ0v) is 74.1. The van der Waals surface area contributed by atoms with Crippen LogP contribution in [0.1, 0.15) is 38.5 Å². The number of hydrogen-bond acceptors (Lipinski definition) is 47. The average Bonchev–Trinajstić information content (AvgIpc) is 0.839. The first-order chi connectivity index (χ1) is 67.7. The largest absolute Gasteiger partial charge is 0.569 e. The molecule has 760 valence electrons. The van der Waals surface area contributed by atoms with Crippen LogP contribution in [0.5, 0.6) is 34.5 Å². The number of rotatable bonds is 38. The molecule has 7 aliphatic rings. The van der Waals surface area contributed by atoms with E-state index < -0.39 is 162 Å². The van der Waals surface area contributed by atoms with E-state index >= 15 is 0 Å². The maximum atomic E-state index is 12.5. The summed E-state index contributed by atoms with van der Waals surface area (Å²) in [4.78, 5) is 164. The zero-order valence-electron chi connectivity index (χ0n) is 74.1. The Morgan fingerprint density at radius 3 is 0.521 bits per heavy atom. The van der Waals surface area contributed by atoms with Gasteiger partial charge in [0.05, 0.1) is 211 Å². The number of hydrogen-bond donors (Lipinski definition) is 0. The van der Waals surface area contributed by atoms with Crippen LogP contribution >= 0.6 is 0 Å². The highest BCUT2D eigenvalue weighted by Crippen LogP contribution is 2.39. The van der Waals surface area contributed by atoms with Crippen molar-refractivity contribution in [1.82, 2.24) is 54.6 Å². The third-order valence-corrected chi connectivity index (χ3v) is 23.1. The molecule has 0 amide bonds. The van der Waals surface area contributed by atoms with Crippen molar-refractivity contribution in [3.05, 3.63) is 262 Å². The highest BCUT2D eigenvalue weighted by molar-refractivity contribution is 5.57. The molecule has 142 heavy (non-hydrogen) atoms. The lowest BCUT2D eigenvalue weighted by Crippen LogP contribution is -2.55. The summed E-state index contributed by atoms with van der Waals surface area (Å²) in [6.45, 7) is 12.0. The molecule has 6 aromatic rings. The Morgan fingerprint density at radius 1 is 0.204 bits per heavy atom. The number of piperidine rings is 1. The Hall–Kier alpha value is -18.1. The van der Waals surface area contributed by atoms with Crippen molar-refractivity contribution in [3.8, 4) is 34.5 Å². The summed E-state index contributed by atoms with van der Waals surface area (Å²) in [7, 11) is 0. The molecule has 1 aliphatic carbocycles. The van der Waals surface area contributed by atoms with Crippen molar-refractivity contribution >= 4 is 68.2 Å². The predicted molar refractivity (Wildman–Crippen MR) is 464 cm³/mol. The summed E-state index contributed by atoms with van der Waals surface area (Å²) in [5, 5.41) is 236. The number of benzene rings is 6. The second kappa shape index (κ2) is 48.6. The molecule has 0 unspecified atom stereocenters. The van der Waals surface area contributed by atoms with Crippen molar-refractivity contribution in [1.29, 1.82) is 0 Å². The number of nitrogens with zero attached hydrogens (tertiary/aromatic N) is 35. The van der Waals surface area contributed by atoms with Crippen LogP contribution in [0.15, 0.2) is 141 Å². The van der Waals surface area contributed by atoms with Gasteiger partial charge in [0.1, 0.15) is 0 Å². The molecule has 71 nitrogen and oxygen atoms in total. The number of non-ortho nitro benzene ring substituents is 6.